The van der Waals surface area contributed by atoms with Crippen LogP contribution in [0.15, 0.2) is 131 Å². The Balaban J connectivity index is 0.000000656. The monoisotopic (exact) mass is 1630 g/mol. The first kappa shape index (κ1) is 96.2. The number of nitrogens with two attached hydrogens (primary N) is 4. The zero-order valence-corrected chi connectivity index (χ0v) is 66.6. The molecule has 0 saturated carbocycles. The van der Waals surface area contributed by atoms with Crippen LogP contribution < -0.4 is 81.4 Å². The van der Waals surface area contributed by atoms with Crippen molar-refractivity contribution in [3.05, 3.63) is 137 Å². The minimum atomic E-state index is -0.293. The van der Waals surface area contributed by atoms with Gasteiger partial charge in [-0.25, -0.2) is 39.9 Å². The van der Waals surface area contributed by atoms with Crippen molar-refractivity contribution in [1.82, 2.24) is 60.7 Å². The molecule has 0 saturated heterocycles. The topological polar surface area (TPSA) is 454 Å². The fourth-order valence-corrected chi connectivity index (χ4v) is 16.5. The summed E-state index contributed by atoms with van der Waals surface area (Å²) >= 11 is 0. The van der Waals surface area contributed by atoms with Crippen molar-refractivity contribution in [2.45, 2.75) is 39.4 Å². The SMILES string of the molecule is C.C=CC(=O)NCCNc1cc(NCCCSSCCN)ncn1.C=CC(=O)NCCNc1cc(NCCSSCCN)ncn1.C=CC(=O)Nc1cc(NCCCSSCCN)ncn1.C=CC(=O)Nc1cc(NCCSSCCN)ncn1.C=CC(=O)Nc1ccc2n[nH]c(CSSCCC)c2c1. The summed E-state index contributed by atoms with van der Waals surface area (Å²) in [6, 6.07) is 12.8. The van der Waals surface area contributed by atoms with Crippen LogP contribution in [0.1, 0.15) is 39.3 Å². The van der Waals surface area contributed by atoms with E-state index in [0.29, 0.717) is 62.5 Å². The second-order valence-corrected chi connectivity index (χ2v) is 33.1. The minimum absolute atomic E-state index is 0. The first-order valence-electron chi connectivity index (χ1n) is 32.6. The largest absolute Gasteiger partial charge is 0.370 e. The summed E-state index contributed by atoms with van der Waals surface area (Å²) in [7, 11) is 18.0. The quantitative estimate of drug-likeness (QED) is 0.00958. The van der Waals surface area contributed by atoms with Gasteiger partial charge in [0.15, 0.2) is 0 Å². The molecule has 0 spiro atoms. The summed E-state index contributed by atoms with van der Waals surface area (Å²) in [5.74, 6) is 14.1. The van der Waals surface area contributed by atoms with Crippen molar-refractivity contribution in [3.63, 3.8) is 0 Å². The molecule has 5 heterocycles. The smallest absolute Gasteiger partial charge is 0.248 e. The van der Waals surface area contributed by atoms with Gasteiger partial charge in [0.05, 0.1) is 11.2 Å². The highest BCUT2D eigenvalue weighted by atomic mass is 33.1. The molecule has 0 radical (unpaired) electrons. The third kappa shape index (κ3) is 51.2. The molecule has 0 aliphatic carbocycles. The summed E-state index contributed by atoms with van der Waals surface area (Å²) in [6.07, 6.45) is 15.2. The van der Waals surface area contributed by atoms with Crippen LogP contribution in [-0.2, 0) is 29.7 Å². The zero-order chi connectivity index (χ0) is 75.7. The lowest BCUT2D eigenvalue weighted by Crippen LogP contribution is -2.27. The molecule has 5 amide bonds. The van der Waals surface area contributed by atoms with Gasteiger partial charge < -0.3 is 81.4 Å². The number of aromatic amines is 1. The van der Waals surface area contributed by atoms with Gasteiger partial charge in [0.25, 0.3) is 0 Å². The van der Waals surface area contributed by atoms with Gasteiger partial charge in [-0.15, -0.1) is 0 Å². The Bertz CT molecular complexity index is 3390. The van der Waals surface area contributed by atoms with Crippen molar-refractivity contribution >= 4 is 201 Å². The molecule has 0 bridgehead atoms. The van der Waals surface area contributed by atoms with Crippen molar-refractivity contribution in [3.8, 4) is 0 Å². The molecule has 0 fully saturated rings. The lowest BCUT2D eigenvalue weighted by Gasteiger charge is -2.08. The molecule has 0 unspecified atom stereocenters. The van der Waals surface area contributed by atoms with Gasteiger partial charge in [-0.05, 0) is 67.8 Å². The number of aromatic nitrogens is 10. The maximum Gasteiger partial charge on any atom is 0.248 e. The number of rotatable bonds is 51. The first-order valence-corrected chi connectivity index (χ1v) is 45.0. The highest BCUT2D eigenvalue weighted by Crippen LogP contribution is 2.30. The zero-order valence-electron chi connectivity index (χ0n) is 58.4. The fraction of sp³-hybridized carbons (Fsp3) is 0.415. The fourth-order valence-electron chi connectivity index (χ4n) is 6.88. The highest BCUT2D eigenvalue weighted by Gasteiger charge is 2.09. The summed E-state index contributed by atoms with van der Waals surface area (Å²) in [6.45, 7) is 27.5. The molecule has 40 heteroatoms. The van der Waals surface area contributed by atoms with Gasteiger partial charge in [-0.3, -0.25) is 29.1 Å². The van der Waals surface area contributed by atoms with E-state index in [1.807, 2.05) is 84.3 Å². The Morgan fingerprint density at radius 2 is 0.724 bits per heavy atom. The minimum Gasteiger partial charge on any atom is -0.370 e. The molecule has 5 aromatic heterocycles. The Morgan fingerprint density at radius 1 is 0.390 bits per heavy atom. The maximum atomic E-state index is 11.3. The molecule has 20 N–H and O–H groups in total. The van der Waals surface area contributed by atoms with Crippen LogP contribution in [0.2, 0.25) is 0 Å². The van der Waals surface area contributed by atoms with Gasteiger partial charge in [0, 0.05) is 171 Å². The molecule has 30 nitrogen and oxygen atoms in total. The van der Waals surface area contributed by atoms with E-state index in [1.165, 1.54) is 62.1 Å². The van der Waals surface area contributed by atoms with Crippen LogP contribution in [0.5, 0.6) is 0 Å². The van der Waals surface area contributed by atoms with E-state index in [0.717, 1.165) is 155 Å². The van der Waals surface area contributed by atoms with Gasteiger partial charge in [0.1, 0.15) is 71.9 Å². The van der Waals surface area contributed by atoms with Gasteiger partial charge in [0.2, 0.25) is 29.5 Å². The summed E-state index contributed by atoms with van der Waals surface area (Å²) in [5.41, 5.74) is 24.4. The Morgan fingerprint density at radius 3 is 1.10 bits per heavy atom. The molecular formula is C65H103N25O5S10. The number of hydrogen-bond acceptors (Lipinski definition) is 34. The molecule has 0 aliphatic rings. The van der Waals surface area contributed by atoms with Crippen LogP contribution in [0.4, 0.5) is 52.2 Å². The lowest BCUT2D eigenvalue weighted by atomic mass is 10.2. The normalized spacial score (nSPS) is 10.1. The standard InChI is InChI=1S/C14H24N6OS2.C14H17N3OS2.C13H22N6OS2.C12H19N5OS2.C11H17N5OS2.CH4/c1-2-14(21)18-7-6-17-13-10-12(19-11-20-13)16-5-3-8-22-23-9-4-15;1-3-7-19-20-9-13-11-8-10(15-14(18)4-2)5-6-12(11)16-17-13;1-2-13(20)17-5-4-15-11-9-12(19-10-18-11)16-6-8-22-21-7-3-14;1-2-12(18)17-11-8-10(15-9-16-11)14-5-3-6-19-20-7-4-13;1-2-11(17)16-10-7-9(14-8-15-10)13-4-6-19-18-5-3-12;/h2,10-11H,1,3-9,15H2,(H,18,21)(H2,16,17,19,20);4-6,8H,2-3,7,9H2,1H3,(H,15,18)(H,16,17);2,9-10H,1,3-8,14H2,(H,17,20)(H2,15,16,18,19);2,8-9H,1,3-7,13H2,(H2,14,15,16,17,18);2,7-8H,1,3-6,12H2,(H2,13,14,15,16,17);1H4. The van der Waals surface area contributed by atoms with Gasteiger partial charge >= 0.3 is 0 Å². The number of H-pyrrole nitrogens is 1. The third-order valence-corrected chi connectivity index (χ3v) is 24.0. The molecule has 578 valence electrons. The molecule has 105 heavy (non-hydrogen) atoms. The van der Waals surface area contributed by atoms with Crippen molar-refractivity contribution in [2.24, 2.45) is 22.9 Å². The van der Waals surface area contributed by atoms with E-state index in [2.05, 4.69) is 148 Å². The number of nitrogens with one attached hydrogen (secondary N) is 12. The number of amides is 5. The van der Waals surface area contributed by atoms with Crippen LogP contribution >= 0.6 is 108 Å². The van der Waals surface area contributed by atoms with Crippen LogP contribution in [0, 0.1) is 0 Å². The van der Waals surface area contributed by atoms with Crippen LogP contribution in [0.3, 0.4) is 0 Å². The number of nitrogens with zero attached hydrogens (tertiary/aromatic N) is 9. The average molecular weight is 1640 g/mol. The number of benzene rings is 1. The Hall–Kier alpha value is -6.80. The van der Waals surface area contributed by atoms with E-state index in [-0.39, 0.29) is 37.0 Å². The summed E-state index contributed by atoms with van der Waals surface area (Å²) < 4.78 is 0. The molecule has 6 aromatic rings. The molecule has 1 aromatic carbocycles. The van der Waals surface area contributed by atoms with Gasteiger partial charge in [-0.1, -0.05) is 155 Å². The highest BCUT2D eigenvalue weighted by molar-refractivity contribution is 8.77. The average Bonchev–Trinajstić information content (AvgIpc) is 1.69. The van der Waals surface area contributed by atoms with E-state index in [1.54, 1.807) is 66.1 Å². The maximum absolute atomic E-state index is 11.3. The summed E-state index contributed by atoms with van der Waals surface area (Å²) in [4.78, 5) is 88.3. The number of carbonyl (C=O) groups excluding carboxylic acids is 5. The molecular weight excluding hydrogens is 1530 g/mol. The Labute approximate surface area is 657 Å². The summed E-state index contributed by atoms with van der Waals surface area (Å²) in [5, 5.41) is 40.8. The molecule has 0 aliphatic heterocycles. The van der Waals surface area contributed by atoms with E-state index in [9.17, 15) is 24.0 Å². The van der Waals surface area contributed by atoms with Crippen molar-refractivity contribution < 1.29 is 24.0 Å². The predicted octanol–water partition coefficient (Wildman–Crippen LogP) is 9.99. The van der Waals surface area contributed by atoms with Crippen LogP contribution in [-0.4, -0.2) is 210 Å². The van der Waals surface area contributed by atoms with Crippen LogP contribution in [0.25, 0.3) is 10.9 Å². The van der Waals surface area contributed by atoms with Crippen molar-refractivity contribution in [2.75, 3.05) is 178 Å². The Kier molecular flexibility index (Phi) is 61.0. The van der Waals surface area contributed by atoms with E-state index < -0.39 is 0 Å². The lowest BCUT2D eigenvalue weighted by molar-refractivity contribution is -0.117. The van der Waals surface area contributed by atoms with Crippen molar-refractivity contribution in [1.29, 1.82) is 0 Å². The number of carbonyl (C=O) groups is 5. The molecule has 6 rings (SSSR count). The second-order valence-electron chi connectivity index (χ2n) is 19.7. The van der Waals surface area contributed by atoms with E-state index in [4.69, 9.17) is 22.9 Å². The first-order chi connectivity index (χ1) is 50.8. The number of anilines is 9. The third-order valence-electron chi connectivity index (χ3n) is 11.6. The number of hydrogen-bond donors (Lipinski definition) is 16. The van der Waals surface area contributed by atoms with Gasteiger partial charge in [-0.2, -0.15) is 5.10 Å². The predicted molar refractivity (Wildman–Crippen MR) is 464 cm³/mol. The van der Waals surface area contributed by atoms with E-state index >= 15 is 0 Å². The second kappa shape index (κ2) is 66.6. The number of fused-ring (bicyclic) bond motifs is 1. The molecule has 0 atom stereocenters.